The van der Waals surface area contributed by atoms with Gasteiger partial charge < -0.3 is 19.8 Å². The molecular weight excluding hydrogens is 380 g/mol. The van der Waals surface area contributed by atoms with Gasteiger partial charge in [0.1, 0.15) is 11.5 Å². The van der Waals surface area contributed by atoms with Crippen molar-refractivity contribution in [1.82, 2.24) is 10.3 Å². The van der Waals surface area contributed by atoms with Crippen LogP contribution < -0.4 is 20.3 Å². The SMILES string of the molecule is COc1ccc(OC)c2[nH]c(=O)c(CCNC(=O)c3ccc(C(C)(C)C)cc3)cc12. The lowest BCUT2D eigenvalue weighted by atomic mass is 9.87. The van der Waals surface area contributed by atoms with E-state index in [0.717, 1.165) is 5.39 Å². The third-order valence-corrected chi connectivity index (χ3v) is 5.15. The van der Waals surface area contributed by atoms with E-state index >= 15 is 0 Å². The highest BCUT2D eigenvalue weighted by molar-refractivity contribution is 5.94. The maximum atomic E-state index is 12.5. The Labute approximate surface area is 176 Å². The summed E-state index contributed by atoms with van der Waals surface area (Å²) < 4.78 is 10.7. The summed E-state index contributed by atoms with van der Waals surface area (Å²) in [4.78, 5) is 27.8. The summed E-state index contributed by atoms with van der Waals surface area (Å²) in [6.45, 7) is 6.75. The fourth-order valence-corrected chi connectivity index (χ4v) is 3.35. The van der Waals surface area contributed by atoms with Crippen LogP contribution in [0.2, 0.25) is 0 Å². The predicted molar refractivity (Wildman–Crippen MR) is 119 cm³/mol. The second-order valence-electron chi connectivity index (χ2n) is 8.22. The number of rotatable bonds is 6. The largest absolute Gasteiger partial charge is 0.496 e. The van der Waals surface area contributed by atoms with Crippen LogP contribution in [0.25, 0.3) is 10.9 Å². The Morgan fingerprint density at radius 1 is 1.00 bits per heavy atom. The van der Waals surface area contributed by atoms with E-state index in [1.54, 1.807) is 32.4 Å². The van der Waals surface area contributed by atoms with Crippen molar-refractivity contribution < 1.29 is 14.3 Å². The van der Waals surface area contributed by atoms with Crippen molar-refractivity contribution >= 4 is 16.8 Å². The van der Waals surface area contributed by atoms with Crippen LogP contribution in [0.1, 0.15) is 42.3 Å². The fraction of sp³-hybridized carbons (Fsp3) is 0.333. The minimum absolute atomic E-state index is 0.0376. The molecule has 6 nitrogen and oxygen atoms in total. The molecule has 6 heteroatoms. The van der Waals surface area contributed by atoms with Gasteiger partial charge in [0, 0.05) is 23.1 Å². The fourth-order valence-electron chi connectivity index (χ4n) is 3.35. The molecule has 2 N–H and O–H groups in total. The van der Waals surface area contributed by atoms with Crippen molar-refractivity contribution in [3.05, 3.63) is 69.5 Å². The number of amides is 1. The van der Waals surface area contributed by atoms with Crippen LogP contribution in [0.5, 0.6) is 11.5 Å². The van der Waals surface area contributed by atoms with Crippen LogP contribution in [0.4, 0.5) is 0 Å². The first kappa shape index (κ1) is 21.4. The molecule has 3 aromatic rings. The summed E-state index contributed by atoms with van der Waals surface area (Å²) in [5.74, 6) is 1.06. The average molecular weight is 408 g/mol. The molecule has 30 heavy (non-hydrogen) atoms. The molecule has 1 heterocycles. The van der Waals surface area contributed by atoms with Crippen molar-refractivity contribution in [2.45, 2.75) is 32.6 Å². The van der Waals surface area contributed by atoms with E-state index in [1.165, 1.54) is 5.56 Å². The van der Waals surface area contributed by atoms with Crippen LogP contribution in [-0.4, -0.2) is 31.7 Å². The average Bonchev–Trinajstić information content (AvgIpc) is 2.72. The topological polar surface area (TPSA) is 80.4 Å². The Bertz CT molecular complexity index is 1110. The van der Waals surface area contributed by atoms with Crippen molar-refractivity contribution in [3.63, 3.8) is 0 Å². The number of pyridine rings is 1. The molecule has 1 amide bonds. The first-order valence-electron chi connectivity index (χ1n) is 9.90. The molecule has 158 valence electrons. The van der Waals surface area contributed by atoms with E-state index in [2.05, 4.69) is 31.1 Å². The van der Waals surface area contributed by atoms with Crippen molar-refractivity contribution in [1.29, 1.82) is 0 Å². The monoisotopic (exact) mass is 408 g/mol. The Morgan fingerprint density at radius 3 is 2.23 bits per heavy atom. The molecule has 0 spiro atoms. The van der Waals surface area contributed by atoms with Gasteiger partial charge in [-0.05, 0) is 47.7 Å². The van der Waals surface area contributed by atoms with Crippen LogP contribution in [0.15, 0.2) is 47.3 Å². The third-order valence-electron chi connectivity index (χ3n) is 5.15. The number of ether oxygens (including phenoxy) is 2. The molecule has 0 atom stereocenters. The van der Waals surface area contributed by atoms with E-state index in [4.69, 9.17) is 9.47 Å². The van der Waals surface area contributed by atoms with Crippen LogP contribution >= 0.6 is 0 Å². The second kappa shape index (κ2) is 8.61. The van der Waals surface area contributed by atoms with Crippen molar-refractivity contribution in [2.24, 2.45) is 0 Å². The molecule has 2 aromatic carbocycles. The summed E-state index contributed by atoms with van der Waals surface area (Å²) in [6.07, 6.45) is 0.400. The van der Waals surface area contributed by atoms with E-state index in [9.17, 15) is 9.59 Å². The smallest absolute Gasteiger partial charge is 0.251 e. The molecule has 0 fully saturated rings. The predicted octanol–water partition coefficient (Wildman–Crippen LogP) is 3.82. The van der Waals surface area contributed by atoms with E-state index in [0.29, 0.717) is 41.1 Å². The van der Waals surface area contributed by atoms with Gasteiger partial charge in [-0.25, -0.2) is 0 Å². The number of hydrogen-bond donors (Lipinski definition) is 2. The third kappa shape index (κ3) is 4.48. The summed E-state index contributed by atoms with van der Waals surface area (Å²) in [5.41, 5.74) is 2.76. The van der Waals surface area contributed by atoms with Gasteiger partial charge in [-0.1, -0.05) is 32.9 Å². The zero-order valence-corrected chi connectivity index (χ0v) is 18.1. The van der Waals surface area contributed by atoms with Gasteiger partial charge in [0.15, 0.2) is 0 Å². The molecule has 0 bridgehead atoms. The Balaban J connectivity index is 1.73. The molecule has 1 aromatic heterocycles. The minimum atomic E-state index is -0.210. The van der Waals surface area contributed by atoms with Gasteiger partial charge in [0.25, 0.3) is 11.5 Å². The van der Waals surface area contributed by atoms with Crippen molar-refractivity contribution in [3.8, 4) is 11.5 Å². The first-order chi connectivity index (χ1) is 14.2. The highest BCUT2D eigenvalue weighted by atomic mass is 16.5. The zero-order chi connectivity index (χ0) is 21.9. The zero-order valence-electron chi connectivity index (χ0n) is 18.1. The lowest BCUT2D eigenvalue weighted by molar-refractivity contribution is 0.0954. The van der Waals surface area contributed by atoms with Gasteiger partial charge in [0.2, 0.25) is 0 Å². The maximum Gasteiger partial charge on any atom is 0.251 e. The van der Waals surface area contributed by atoms with Gasteiger partial charge in [-0.15, -0.1) is 0 Å². The van der Waals surface area contributed by atoms with Gasteiger partial charge in [-0.3, -0.25) is 9.59 Å². The van der Waals surface area contributed by atoms with Crippen LogP contribution in [0.3, 0.4) is 0 Å². The summed E-state index contributed by atoms with van der Waals surface area (Å²) in [6, 6.07) is 12.9. The van der Waals surface area contributed by atoms with Gasteiger partial charge in [0.05, 0.1) is 19.7 Å². The van der Waals surface area contributed by atoms with Crippen molar-refractivity contribution in [2.75, 3.05) is 20.8 Å². The van der Waals surface area contributed by atoms with E-state index in [1.807, 2.05) is 24.3 Å². The number of benzene rings is 2. The second-order valence-corrected chi connectivity index (χ2v) is 8.22. The summed E-state index contributed by atoms with van der Waals surface area (Å²) in [7, 11) is 3.13. The lowest BCUT2D eigenvalue weighted by Crippen LogP contribution is -2.27. The molecule has 0 radical (unpaired) electrons. The highest BCUT2D eigenvalue weighted by Gasteiger charge is 2.15. The normalized spacial score (nSPS) is 11.4. The Hall–Kier alpha value is -3.28. The van der Waals surface area contributed by atoms with Crippen LogP contribution in [-0.2, 0) is 11.8 Å². The number of H-pyrrole nitrogens is 1. The number of hydrogen-bond acceptors (Lipinski definition) is 4. The molecule has 0 saturated heterocycles. The van der Waals surface area contributed by atoms with E-state index < -0.39 is 0 Å². The highest BCUT2D eigenvalue weighted by Crippen LogP contribution is 2.31. The number of carbonyl (C=O) groups excluding carboxylic acids is 1. The quantitative estimate of drug-likeness (QED) is 0.650. The number of carbonyl (C=O) groups is 1. The summed E-state index contributed by atoms with van der Waals surface area (Å²) in [5, 5.41) is 3.64. The molecular formula is C24H28N2O4. The Kier molecular flexibility index (Phi) is 6.15. The number of aromatic nitrogens is 1. The lowest BCUT2D eigenvalue weighted by Gasteiger charge is -2.19. The minimum Gasteiger partial charge on any atom is -0.496 e. The van der Waals surface area contributed by atoms with Gasteiger partial charge >= 0.3 is 0 Å². The number of nitrogens with one attached hydrogen (secondary N) is 2. The van der Waals surface area contributed by atoms with Crippen LogP contribution in [0, 0.1) is 0 Å². The van der Waals surface area contributed by atoms with Gasteiger partial charge in [-0.2, -0.15) is 0 Å². The maximum absolute atomic E-state index is 12.5. The molecule has 3 rings (SSSR count). The molecule has 0 aliphatic heterocycles. The Morgan fingerprint density at radius 2 is 1.63 bits per heavy atom. The molecule has 0 unspecified atom stereocenters. The molecule has 0 aliphatic carbocycles. The molecule has 0 saturated carbocycles. The number of methoxy groups -OCH3 is 2. The van der Waals surface area contributed by atoms with E-state index in [-0.39, 0.29) is 16.9 Å². The number of fused-ring (bicyclic) bond motifs is 1. The molecule has 0 aliphatic rings. The summed E-state index contributed by atoms with van der Waals surface area (Å²) >= 11 is 0. The standard InChI is InChI=1S/C24H28N2O4/c1-24(2,3)17-8-6-15(7-9-17)22(27)25-13-12-16-14-18-19(29-4)10-11-20(30-5)21(18)26-23(16)28/h6-11,14H,12-13H2,1-5H3,(H,25,27)(H,26,28). The first-order valence-corrected chi connectivity index (χ1v) is 9.90. The number of aromatic amines is 1.